The molecule has 2 heterocycles. The van der Waals surface area contributed by atoms with E-state index in [1.54, 1.807) is 24.4 Å². The zero-order chi connectivity index (χ0) is 24.9. The molecule has 0 spiro atoms. The second kappa shape index (κ2) is 11.5. The number of aliphatic hydroxyl groups is 2. The number of rotatable bonds is 8. The number of benzene rings is 2. The molecule has 3 aromatic rings. The average molecular weight is 534 g/mol. The number of amides is 2. The van der Waals surface area contributed by atoms with Crippen molar-refractivity contribution in [3.8, 4) is 0 Å². The minimum Gasteiger partial charge on any atom is -0.380 e. The largest absolute Gasteiger partial charge is 0.380 e. The fraction of sp³-hybridized carbons (Fsp3) is 0.320. The summed E-state index contributed by atoms with van der Waals surface area (Å²) in [6.45, 7) is 0.502. The zero-order valence-corrected chi connectivity index (χ0v) is 21.1. The van der Waals surface area contributed by atoms with Crippen molar-refractivity contribution in [1.82, 2.24) is 15.2 Å². The number of hydrogen-bond acceptors (Lipinski definition) is 6. The first-order chi connectivity index (χ1) is 16.8. The van der Waals surface area contributed by atoms with Crippen molar-refractivity contribution >= 4 is 46.4 Å². The van der Waals surface area contributed by atoms with Gasteiger partial charge in [0.05, 0.1) is 12.6 Å². The number of nitrogens with zero attached hydrogens (tertiary/aromatic N) is 2. The lowest BCUT2D eigenvalue weighted by atomic mass is 10.0. The molecule has 1 aromatic heterocycles. The summed E-state index contributed by atoms with van der Waals surface area (Å²) in [5.41, 5.74) is 1.90. The van der Waals surface area contributed by atoms with Gasteiger partial charge in [-0.1, -0.05) is 47.5 Å². The molecular weight excluding hydrogens is 509 g/mol. The third-order valence-electron chi connectivity index (χ3n) is 5.87. The van der Waals surface area contributed by atoms with Crippen LogP contribution in [0.3, 0.4) is 0 Å². The predicted molar refractivity (Wildman–Crippen MR) is 135 cm³/mol. The molecule has 1 aliphatic heterocycles. The van der Waals surface area contributed by atoms with E-state index in [-0.39, 0.29) is 12.6 Å². The first kappa shape index (κ1) is 25.6. The molecule has 7 nitrogen and oxygen atoms in total. The van der Waals surface area contributed by atoms with Crippen molar-refractivity contribution in [2.24, 2.45) is 0 Å². The maximum absolute atomic E-state index is 12.9. The van der Waals surface area contributed by atoms with E-state index in [0.717, 1.165) is 22.4 Å². The van der Waals surface area contributed by atoms with Gasteiger partial charge in [-0.05, 0) is 48.2 Å². The number of carbonyl (C=O) groups is 2. The molecule has 0 bridgehead atoms. The molecular formula is C25H25Cl2N3O4S. The minimum absolute atomic E-state index is 0.0753. The van der Waals surface area contributed by atoms with Gasteiger partial charge in [0.25, 0.3) is 11.8 Å². The van der Waals surface area contributed by atoms with Crippen LogP contribution in [-0.2, 0) is 22.6 Å². The Labute approximate surface area is 217 Å². The normalized spacial score (nSPS) is 17.3. The SMILES string of the molecule is O=C(NCc1ncc(Cc2cccc(Cl)c2)s1)[C@H](O)[C@@H](O)C(=O)N1CCCC1c1cccc(Cl)c1. The molecule has 3 N–H and O–H groups in total. The number of hydrogen-bond donors (Lipinski definition) is 3. The minimum atomic E-state index is -1.89. The van der Waals surface area contributed by atoms with E-state index in [2.05, 4.69) is 10.3 Å². The Bertz CT molecular complexity index is 1200. The number of nitrogens with one attached hydrogen (secondary N) is 1. The summed E-state index contributed by atoms with van der Waals surface area (Å²) in [6, 6.07) is 14.5. The van der Waals surface area contributed by atoms with Crippen LogP contribution in [-0.4, -0.2) is 50.7 Å². The molecule has 0 radical (unpaired) electrons. The molecule has 184 valence electrons. The van der Waals surface area contributed by atoms with Gasteiger partial charge >= 0.3 is 0 Å². The molecule has 10 heteroatoms. The third-order valence-corrected chi connectivity index (χ3v) is 7.34. The Morgan fingerprint density at radius 2 is 1.86 bits per heavy atom. The number of aromatic nitrogens is 1. The van der Waals surface area contributed by atoms with Gasteiger partial charge in [-0.15, -0.1) is 11.3 Å². The van der Waals surface area contributed by atoms with E-state index in [1.807, 2.05) is 30.3 Å². The molecule has 3 atom stereocenters. The van der Waals surface area contributed by atoms with E-state index in [4.69, 9.17) is 23.2 Å². The van der Waals surface area contributed by atoms with Gasteiger partial charge in [0.2, 0.25) is 0 Å². The molecule has 0 saturated carbocycles. The Morgan fingerprint density at radius 1 is 1.11 bits per heavy atom. The second-order valence-electron chi connectivity index (χ2n) is 8.38. The Kier molecular flexibility index (Phi) is 8.41. The molecule has 1 fully saturated rings. The first-order valence-corrected chi connectivity index (χ1v) is 12.8. The van der Waals surface area contributed by atoms with Crippen LogP contribution in [0.4, 0.5) is 0 Å². The van der Waals surface area contributed by atoms with Crippen molar-refractivity contribution in [2.45, 2.75) is 44.1 Å². The molecule has 1 unspecified atom stereocenters. The summed E-state index contributed by atoms with van der Waals surface area (Å²) in [4.78, 5) is 32.2. The van der Waals surface area contributed by atoms with Gasteiger partial charge in [-0.2, -0.15) is 0 Å². The lowest BCUT2D eigenvalue weighted by Gasteiger charge is -2.28. The molecule has 1 aliphatic rings. The maximum atomic E-state index is 12.9. The third kappa shape index (κ3) is 6.39. The zero-order valence-electron chi connectivity index (χ0n) is 18.7. The topological polar surface area (TPSA) is 103 Å². The summed E-state index contributed by atoms with van der Waals surface area (Å²) in [5.74, 6) is -1.52. The second-order valence-corrected chi connectivity index (χ2v) is 10.5. The van der Waals surface area contributed by atoms with Crippen molar-refractivity contribution in [3.05, 3.63) is 85.8 Å². The van der Waals surface area contributed by atoms with Gasteiger partial charge in [-0.25, -0.2) is 4.98 Å². The van der Waals surface area contributed by atoms with E-state index >= 15 is 0 Å². The number of carbonyl (C=O) groups excluding carboxylic acids is 2. The van der Waals surface area contributed by atoms with Crippen LogP contribution in [0.25, 0.3) is 0 Å². The Balaban J connectivity index is 1.32. The number of thiazole rings is 1. The van der Waals surface area contributed by atoms with E-state index in [9.17, 15) is 19.8 Å². The number of aliphatic hydroxyl groups excluding tert-OH is 2. The van der Waals surface area contributed by atoms with Gasteiger partial charge in [-0.3, -0.25) is 9.59 Å². The highest BCUT2D eigenvalue weighted by Crippen LogP contribution is 2.33. The Morgan fingerprint density at radius 3 is 2.60 bits per heavy atom. The average Bonchev–Trinajstić information content (AvgIpc) is 3.51. The van der Waals surface area contributed by atoms with Crippen molar-refractivity contribution in [2.75, 3.05) is 6.54 Å². The van der Waals surface area contributed by atoms with E-state index < -0.39 is 24.0 Å². The quantitative estimate of drug-likeness (QED) is 0.409. The lowest BCUT2D eigenvalue weighted by Crippen LogP contribution is -2.50. The highest BCUT2D eigenvalue weighted by atomic mass is 35.5. The van der Waals surface area contributed by atoms with Crippen LogP contribution in [0.1, 0.15) is 39.9 Å². The van der Waals surface area contributed by atoms with Crippen LogP contribution in [0.15, 0.2) is 54.7 Å². The summed E-state index contributed by atoms with van der Waals surface area (Å²) >= 11 is 13.5. The summed E-state index contributed by atoms with van der Waals surface area (Å²) in [6.07, 6.45) is 0.0809. The Hall–Kier alpha value is -2.49. The highest BCUT2D eigenvalue weighted by molar-refractivity contribution is 7.11. The van der Waals surface area contributed by atoms with Gasteiger partial charge < -0.3 is 20.4 Å². The van der Waals surface area contributed by atoms with Crippen molar-refractivity contribution < 1.29 is 19.8 Å². The predicted octanol–water partition coefficient (Wildman–Crippen LogP) is 3.74. The van der Waals surface area contributed by atoms with Gasteiger partial charge in [0.15, 0.2) is 12.2 Å². The van der Waals surface area contributed by atoms with E-state index in [1.165, 1.54) is 16.2 Å². The van der Waals surface area contributed by atoms with Crippen LogP contribution in [0.5, 0.6) is 0 Å². The molecule has 4 rings (SSSR count). The summed E-state index contributed by atoms with van der Waals surface area (Å²) < 4.78 is 0. The number of halogens is 2. The maximum Gasteiger partial charge on any atom is 0.255 e. The fourth-order valence-corrected chi connectivity index (χ4v) is 5.47. The fourth-order valence-electron chi connectivity index (χ4n) is 4.17. The monoisotopic (exact) mass is 533 g/mol. The van der Waals surface area contributed by atoms with Crippen LogP contribution >= 0.6 is 34.5 Å². The van der Waals surface area contributed by atoms with Gasteiger partial charge in [0, 0.05) is 34.1 Å². The number of likely N-dealkylation sites (tertiary alicyclic amines) is 1. The summed E-state index contributed by atoms with van der Waals surface area (Å²) in [5, 5.41) is 25.2. The molecule has 35 heavy (non-hydrogen) atoms. The highest BCUT2D eigenvalue weighted by Gasteiger charge is 2.38. The molecule has 1 saturated heterocycles. The lowest BCUT2D eigenvalue weighted by molar-refractivity contribution is -0.153. The van der Waals surface area contributed by atoms with Crippen LogP contribution in [0, 0.1) is 0 Å². The molecule has 2 amide bonds. The smallest absolute Gasteiger partial charge is 0.255 e. The first-order valence-electron chi connectivity index (χ1n) is 11.2. The van der Waals surface area contributed by atoms with Crippen molar-refractivity contribution in [1.29, 1.82) is 0 Å². The molecule has 0 aliphatic carbocycles. The van der Waals surface area contributed by atoms with Crippen LogP contribution in [0.2, 0.25) is 10.0 Å². The van der Waals surface area contributed by atoms with Crippen molar-refractivity contribution in [3.63, 3.8) is 0 Å². The van der Waals surface area contributed by atoms with E-state index in [0.29, 0.717) is 34.4 Å². The van der Waals surface area contributed by atoms with Crippen LogP contribution < -0.4 is 5.32 Å². The standard InChI is InChI=1S/C25H25Cl2N3O4S/c26-17-6-1-4-15(10-17)11-19-13-28-21(35-19)14-29-24(33)22(31)23(32)25(34)30-9-3-8-20(30)16-5-2-7-18(27)12-16/h1-2,4-7,10,12-13,20,22-23,31-32H,3,8-9,11,14H2,(H,29,33)/t20?,22-,23-/m1/s1. The summed E-state index contributed by atoms with van der Waals surface area (Å²) in [7, 11) is 0. The van der Waals surface area contributed by atoms with Gasteiger partial charge in [0.1, 0.15) is 5.01 Å². The molecule has 2 aromatic carbocycles.